The maximum absolute atomic E-state index is 12.1. The second kappa shape index (κ2) is 8.88. The van der Waals surface area contributed by atoms with Crippen molar-refractivity contribution in [1.29, 1.82) is 0 Å². The Morgan fingerprint density at radius 3 is 2.17 bits per heavy atom. The van der Waals surface area contributed by atoms with Crippen LogP contribution in [0.4, 0.5) is 0 Å². The van der Waals surface area contributed by atoms with Crippen LogP contribution in [0.3, 0.4) is 0 Å². The highest BCUT2D eigenvalue weighted by Crippen LogP contribution is 2.16. The zero-order chi connectivity index (χ0) is 17.5. The van der Waals surface area contributed by atoms with Gasteiger partial charge in [-0.05, 0) is 51.0 Å². The van der Waals surface area contributed by atoms with Crippen molar-refractivity contribution in [3.63, 3.8) is 0 Å². The third kappa shape index (κ3) is 6.58. The highest BCUT2D eigenvalue weighted by atomic mass is 32.2. The lowest BCUT2D eigenvalue weighted by Crippen LogP contribution is -2.35. The van der Waals surface area contributed by atoms with Crippen molar-refractivity contribution in [2.45, 2.75) is 57.5 Å². The molecule has 0 aliphatic carbocycles. The SMILES string of the molecule is CC[C@@H](C)NC(=O)COc1ccc(S(=O)(=O)N[C@@H](C)CC)cc1. The fourth-order valence-electron chi connectivity index (χ4n) is 1.70. The molecular weight excluding hydrogens is 316 g/mol. The maximum Gasteiger partial charge on any atom is 0.258 e. The van der Waals surface area contributed by atoms with E-state index in [0.717, 1.165) is 6.42 Å². The smallest absolute Gasteiger partial charge is 0.258 e. The molecule has 0 saturated heterocycles. The Labute approximate surface area is 138 Å². The number of hydrogen-bond acceptors (Lipinski definition) is 4. The maximum atomic E-state index is 12.1. The third-order valence-corrected chi connectivity index (χ3v) is 5.10. The number of benzene rings is 1. The van der Waals surface area contributed by atoms with Crippen LogP contribution in [-0.2, 0) is 14.8 Å². The van der Waals surface area contributed by atoms with E-state index in [0.29, 0.717) is 12.2 Å². The van der Waals surface area contributed by atoms with Gasteiger partial charge >= 0.3 is 0 Å². The molecular formula is C16H26N2O4S. The summed E-state index contributed by atoms with van der Waals surface area (Å²) < 4.78 is 32.2. The Bertz CT molecular complexity index is 599. The molecule has 2 atom stereocenters. The molecule has 2 N–H and O–H groups in total. The Morgan fingerprint density at radius 2 is 1.65 bits per heavy atom. The van der Waals surface area contributed by atoms with Gasteiger partial charge in [-0.25, -0.2) is 13.1 Å². The topological polar surface area (TPSA) is 84.5 Å². The van der Waals surface area contributed by atoms with Gasteiger partial charge in [0.2, 0.25) is 10.0 Å². The van der Waals surface area contributed by atoms with Gasteiger partial charge in [-0.2, -0.15) is 0 Å². The Hall–Kier alpha value is -1.60. The molecule has 0 heterocycles. The zero-order valence-electron chi connectivity index (χ0n) is 14.1. The standard InChI is InChI=1S/C16H26N2O4S/c1-5-12(3)17-16(19)11-22-14-7-9-15(10-8-14)23(20,21)18-13(4)6-2/h7-10,12-13,18H,5-6,11H2,1-4H3,(H,17,19)/t12-,13+/m1/s1. The lowest BCUT2D eigenvalue weighted by Gasteiger charge is -2.13. The van der Waals surface area contributed by atoms with E-state index in [1.165, 1.54) is 12.1 Å². The third-order valence-electron chi connectivity index (χ3n) is 3.49. The number of hydrogen-bond donors (Lipinski definition) is 2. The summed E-state index contributed by atoms with van der Waals surface area (Å²) >= 11 is 0. The quantitative estimate of drug-likeness (QED) is 0.719. The Kier molecular flexibility index (Phi) is 7.51. The average Bonchev–Trinajstić information content (AvgIpc) is 2.52. The predicted molar refractivity (Wildman–Crippen MR) is 89.9 cm³/mol. The number of amides is 1. The van der Waals surface area contributed by atoms with Crippen LogP contribution in [0.25, 0.3) is 0 Å². The molecule has 0 bridgehead atoms. The molecule has 0 saturated carbocycles. The largest absolute Gasteiger partial charge is 0.484 e. The molecule has 1 aromatic carbocycles. The minimum absolute atomic E-state index is 0.0957. The normalized spacial score (nSPS) is 14.1. The molecule has 1 amide bonds. The van der Waals surface area contributed by atoms with E-state index in [1.54, 1.807) is 12.1 Å². The number of rotatable bonds is 9. The number of sulfonamides is 1. The first-order chi connectivity index (χ1) is 10.8. The lowest BCUT2D eigenvalue weighted by molar-refractivity contribution is -0.123. The van der Waals surface area contributed by atoms with Crippen molar-refractivity contribution in [1.82, 2.24) is 10.0 Å². The van der Waals surface area contributed by atoms with Crippen LogP contribution >= 0.6 is 0 Å². The average molecular weight is 342 g/mol. The first-order valence-electron chi connectivity index (χ1n) is 7.83. The Morgan fingerprint density at radius 1 is 1.09 bits per heavy atom. The predicted octanol–water partition coefficient (Wildman–Crippen LogP) is 2.06. The van der Waals surface area contributed by atoms with Crippen molar-refractivity contribution >= 4 is 15.9 Å². The molecule has 130 valence electrons. The first-order valence-corrected chi connectivity index (χ1v) is 9.31. The van der Waals surface area contributed by atoms with E-state index >= 15 is 0 Å². The lowest BCUT2D eigenvalue weighted by atomic mass is 10.2. The van der Waals surface area contributed by atoms with Crippen molar-refractivity contribution in [2.75, 3.05) is 6.61 Å². The molecule has 23 heavy (non-hydrogen) atoms. The monoisotopic (exact) mass is 342 g/mol. The van der Waals surface area contributed by atoms with Crippen LogP contribution in [0.5, 0.6) is 5.75 Å². The summed E-state index contributed by atoms with van der Waals surface area (Å²) in [5.74, 6) is 0.251. The van der Waals surface area contributed by atoms with Crippen molar-refractivity contribution in [3.8, 4) is 5.75 Å². The Balaban J connectivity index is 2.61. The van der Waals surface area contributed by atoms with E-state index in [9.17, 15) is 13.2 Å². The van der Waals surface area contributed by atoms with Gasteiger partial charge in [-0.3, -0.25) is 4.79 Å². The minimum atomic E-state index is -3.52. The van der Waals surface area contributed by atoms with Crippen LogP contribution in [0.2, 0.25) is 0 Å². The molecule has 7 heteroatoms. The van der Waals surface area contributed by atoms with Gasteiger partial charge in [0, 0.05) is 12.1 Å². The van der Waals surface area contributed by atoms with E-state index in [1.807, 2.05) is 27.7 Å². The number of ether oxygens (including phenoxy) is 1. The molecule has 1 rings (SSSR count). The van der Waals surface area contributed by atoms with E-state index < -0.39 is 10.0 Å². The summed E-state index contributed by atoms with van der Waals surface area (Å²) in [7, 11) is -3.52. The highest BCUT2D eigenvalue weighted by molar-refractivity contribution is 7.89. The summed E-state index contributed by atoms with van der Waals surface area (Å²) in [4.78, 5) is 11.8. The van der Waals surface area contributed by atoms with Crippen LogP contribution < -0.4 is 14.8 Å². The van der Waals surface area contributed by atoms with Crippen molar-refractivity contribution in [3.05, 3.63) is 24.3 Å². The summed E-state index contributed by atoms with van der Waals surface area (Å²) in [6.45, 7) is 7.53. The van der Waals surface area contributed by atoms with Crippen LogP contribution in [-0.4, -0.2) is 33.0 Å². The van der Waals surface area contributed by atoms with E-state index in [-0.39, 0.29) is 29.5 Å². The van der Waals surface area contributed by atoms with Crippen LogP contribution in [0.1, 0.15) is 40.5 Å². The minimum Gasteiger partial charge on any atom is -0.484 e. The summed E-state index contributed by atoms with van der Waals surface area (Å²) in [6.07, 6.45) is 1.56. The van der Waals surface area contributed by atoms with Gasteiger partial charge in [0.05, 0.1) is 4.90 Å². The first kappa shape index (κ1) is 19.4. The fraction of sp³-hybridized carbons (Fsp3) is 0.562. The van der Waals surface area contributed by atoms with Crippen molar-refractivity contribution < 1.29 is 17.9 Å². The molecule has 0 unspecified atom stereocenters. The van der Waals surface area contributed by atoms with Gasteiger partial charge in [-0.1, -0.05) is 13.8 Å². The van der Waals surface area contributed by atoms with Gasteiger partial charge in [-0.15, -0.1) is 0 Å². The summed E-state index contributed by atoms with van der Waals surface area (Å²) in [5, 5.41) is 2.79. The van der Waals surface area contributed by atoms with Gasteiger partial charge in [0.1, 0.15) is 5.75 Å². The number of carbonyl (C=O) groups is 1. The van der Waals surface area contributed by atoms with E-state index in [4.69, 9.17) is 4.74 Å². The molecule has 0 spiro atoms. The zero-order valence-corrected chi connectivity index (χ0v) is 14.9. The van der Waals surface area contributed by atoms with Gasteiger partial charge in [0.25, 0.3) is 5.91 Å². The molecule has 0 aliphatic heterocycles. The van der Waals surface area contributed by atoms with Crippen LogP contribution in [0.15, 0.2) is 29.2 Å². The number of nitrogens with one attached hydrogen (secondary N) is 2. The fourth-order valence-corrected chi connectivity index (χ4v) is 3.03. The summed E-state index contributed by atoms with van der Waals surface area (Å²) in [5.41, 5.74) is 0. The second-order valence-electron chi connectivity index (χ2n) is 5.57. The van der Waals surface area contributed by atoms with E-state index in [2.05, 4.69) is 10.0 Å². The molecule has 0 aromatic heterocycles. The second-order valence-corrected chi connectivity index (χ2v) is 7.28. The van der Waals surface area contributed by atoms with Crippen LogP contribution in [0, 0.1) is 0 Å². The van der Waals surface area contributed by atoms with Gasteiger partial charge < -0.3 is 10.1 Å². The molecule has 1 aromatic rings. The number of carbonyl (C=O) groups excluding carboxylic acids is 1. The van der Waals surface area contributed by atoms with Crippen molar-refractivity contribution in [2.24, 2.45) is 0 Å². The molecule has 6 nitrogen and oxygen atoms in total. The molecule has 0 aliphatic rings. The summed E-state index contributed by atoms with van der Waals surface area (Å²) in [6, 6.07) is 5.99. The van der Waals surface area contributed by atoms with Gasteiger partial charge in [0.15, 0.2) is 6.61 Å². The highest BCUT2D eigenvalue weighted by Gasteiger charge is 2.16. The molecule has 0 fully saturated rings. The molecule has 0 radical (unpaired) electrons.